The van der Waals surface area contributed by atoms with Crippen LogP contribution in [0.4, 0.5) is 0 Å². The molecule has 4 nitrogen and oxygen atoms in total. The molecule has 2 N–H and O–H groups in total. The normalized spacial score (nSPS) is 13.7. The summed E-state index contributed by atoms with van der Waals surface area (Å²) in [6.07, 6.45) is 0.672. The van der Waals surface area contributed by atoms with Crippen LogP contribution in [-0.4, -0.2) is 23.0 Å². The molecule has 1 rings (SSSR count). The lowest BCUT2D eigenvalue weighted by atomic mass is 9.98. The van der Waals surface area contributed by atoms with Crippen molar-refractivity contribution in [2.24, 2.45) is 5.92 Å². The summed E-state index contributed by atoms with van der Waals surface area (Å²) in [5, 5.41) is 12.2. The van der Waals surface area contributed by atoms with Gasteiger partial charge in [0.15, 0.2) is 0 Å². The number of carboxylic acids is 1. The number of nitrogens with one attached hydrogen (secondary N) is 1. The molecule has 1 aromatic carbocycles. The Labute approximate surface area is 117 Å². The maximum absolute atomic E-state index is 12.1. The Kier molecular flexibility index (Phi) is 5.36. The Morgan fingerprint density at radius 1 is 1.42 bits per heavy atom. The van der Waals surface area contributed by atoms with Crippen LogP contribution in [0.2, 0.25) is 5.02 Å². The highest BCUT2D eigenvalue weighted by Crippen LogP contribution is 2.19. The summed E-state index contributed by atoms with van der Waals surface area (Å²) in [6, 6.07) is 4.10. The average Bonchev–Trinajstić information content (AvgIpc) is 2.37. The number of rotatable bonds is 5. The van der Waals surface area contributed by atoms with E-state index in [4.69, 9.17) is 16.7 Å². The lowest BCUT2D eigenvalue weighted by Gasteiger charge is -2.20. The first kappa shape index (κ1) is 15.5. The van der Waals surface area contributed by atoms with E-state index in [0.29, 0.717) is 22.6 Å². The second-order valence-electron chi connectivity index (χ2n) is 4.59. The maximum atomic E-state index is 12.1. The molecular weight excluding hydrogens is 266 g/mol. The summed E-state index contributed by atoms with van der Waals surface area (Å²) in [5.41, 5.74) is 1.05. The molecule has 1 amide bonds. The Morgan fingerprint density at radius 2 is 2.05 bits per heavy atom. The van der Waals surface area contributed by atoms with Gasteiger partial charge in [-0.1, -0.05) is 37.9 Å². The molecule has 2 atom stereocenters. The predicted molar refractivity (Wildman–Crippen MR) is 74.5 cm³/mol. The number of benzene rings is 1. The highest BCUT2D eigenvalue weighted by atomic mass is 35.5. The zero-order valence-electron chi connectivity index (χ0n) is 11.2. The van der Waals surface area contributed by atoms with E-state index in [1.807, 2.05) is 6.92 Å². The van der Waals surface area contributed by atoms with Crippen LogP contribution >= 0.6 is 11.6 Å². The topological polar surface area (TPSA) is 66.4 Å². The van der Waals surface area contributed by atoms with Gasteiger partial charge < -0.3 is 10.4 Å². The van der Waals surface area contributed by atoms with Crippen LogP contribution in [0, 0.1) is 12.8 Å². The van der Waals surface area contributed by atoms with E-state index in [9.17, 15) is 9.59 Å². The van der Waals surface area contributed by atoms with Crippen molar-refractivity contribution in [1.29, 1.82) is 0 Å². The number of carbonyl (C=O) groups is 2. The van der Waals surface area contributed by atoms with Crippen molar-refractivity contribution in [2.75, 3.05) is 0 Å². The number of aliphatic carboxylic acids is 1. The van der Waals surface area contributed by atoms with E-state index in [-0.39, 0.29) is 5.92 Å². The first-order valence-corrected chi connectivity index (χ1v) is 6.55. The molecule has 0 aromatic heterocycles. The maximum Gasteiger partial charge on any atom is 0.326 e. The second-order valence-corrected chi connectivity index (χ2v) is 4.99. The summed E-state index contributed by atoms with van der Waals surface area (Å²) in [4.78, 5) is 23.3. The summed E-state index contributed by atoms with van der Waals surface area (Å²) in [6.45, 7) is 5.41. The second kappa shape index (κ2) is 6.57. The van der Waals surface area contributed by atoms with Crippen LogP contribution in [0.1, 0.15) is 36.2 Å². The van der Waals surface area contributed by atoms with Gasteiger partial charge in [-0.3, -0.25) is 4.79 Å². The lowest BCUT2D eigenvalue weighted by Crippen LogP contribution is -2.45. The molecule has 5 heteroatoms. The van der Waals surface area contributed by atoms with Crippen molar-refractivity contribution in [2.45, 2.75) is 33.2 Å². The van der Waals surface area contributed by atoms with E-state index in [1.54, 1.807) is 32.0 Å². The van der Waals surface area contributed by atoms with Gasteiger partial charge in [0, 0.05) is 10.6 Å². The van der Waals surface area contributed by atoms with Crippen molar-refractivity contribution < 1.29 is 14.7 Å². The van der Waals surface area contributed by atoms with Gasteiger partial charge in [0.05, 0.1) is 0 Å². The van der Waals surface area contributed by atoms with Crippen LogP contribution in [0.15, 0.2) is 18.2 Å². The number of carboxylic acid groups (broad SMARTS) is 1. The van der Waals surface area contributed by atoms with Gasteiger partial charge in [-0.15, -0.1) is 0 Å². The summed E-state index contributed by atoms with van der Waals surface area (Å²) in [5.74, 6) is -1.57. The molecule has 1 aromatic rings. The first-order chi connectivity index (χ1) is 8.88. The Hall–Kier alpha value is -1.55. The summed E-state index contributed by atoms with van der Waals surface area (Å²) in [7, 11) is 0. The molecule has 0 saturated heterocycles. The first-order valence-electron chi connectivity index (χ1n) is 6.17. The van der Waals surface area contributed by atoms with Crippen LogP contribution in [-0.2, 0) is 4.79 Å². The van der Waals surface area contributed by atoms with Crippen LogP contribution < -0.4 is 5.32 Å². The van der Waals surface area contributed by atoms with Gasteiger partial charge >= 0.3 is 5.97 Å². The van der Waals surface area contributed by atoms with Gasteiger partial charge in [0.25, 0.3) is 5.91 Å². The highest BCUT2D eigenvalue weighted by Gasteiger charge is 2.26. The number of hydrogen-bond donors (Lipinski definition) is 2. The lowest BCUT2D eigenvalue weighted by molar-refractivity contribution is -0.140. The number of hydrogen-bond acceptors (Lipinski definition) is 2. The molecule has 0 aliphatic rings. The fraction of sp³-hybridized carbons (Fsp3) is 0.429. The van der Waals surface area contributed by atoms with E-state index < -0.39 is 17.9 Å². The molecular formula is C14H18ClNO3. The van der Waals surface area contributed by atoms with E-state index in [1.165, 1.54) is 0 Å². The zero-order chi connectivity index (χ0) is 14.6. The molecule has 0 aliphatic heterocycles. The van der Waals surface area contributed by atoms with Gasteiger partial charge in [-0.2, -0.15) is 0 Å². The Morgan fingerprint density at radius 3 is 2.58 bits per heavy atom. The van der Waals surface area contributed by atoms with Crippen LogP contribution in [0.25, 0.3) is 0 Å². The molecule has 0 heterocycles. The van der Waals surface area contributed by atoms with E-state index in [2.05, 4.69) is 5.32 Å². The summed E-state index contributed by atoms with van der Waals surface area (Å²) < 4.78 is 0. The Balaban J connectivity index is 2.94. The van der Waals surface area contributed by atoms with Crippen LogP contribution in [0.3, 0.4) is 0 Å². The molecule has 0 radical (unpaired) electrons. The van der Waals surface area contributed by atoms with Crippen molar-refractivity contribution in [3.05, 3.63) is 34.3 Å². The molecule has 0 saturated carbocycles. The number of halogens is 1. The Bertz CT molecular complexity index is 488. The average molecular weight is 284 g/mol. The number of amides is 1. The fourth-order valence-electron chi connectivity index (χ4n) is 1.76. The zero-order valence-corrected chi connectivity index (χ0v) is 12.0. The predicted octanol–water partition coefficient (Wildman–Crippen LogP) is 2.88. The number of carbonyl (C=O) groups excluding carboxylic acids is 1. The van der Waals surface area contributed by atoms with E-state index in [0.717, 1.165) is 0 Å². The third kappa shape index (κ3) is 3.70. The minimum absolute atomic E-state index is 0.138. The van der Waals surface area contributed by atoms with E-state index >= 15 is 0 Å². The molecule has 0 bridgehead atoms. The standard InChI is InChI=1S/C14H18ClNO3/c1-4-8(2)12(14(18)19)16-13(17)10-6-5-7-11(15)9(10)3/h5-8,12H,4H2,1-3H3,(H,16,17)(H,18,19)/t8?,12-/m0/s1. The van der Waals surface area contributed by atoms with Crippen molar-refractivity contribution >= 4 is 23.5 Å². The summed E-state index contributed by atoms with van der Waals surface area (Å²) >= 11 is 5.95. The van der Waals surface area contributed by atoms with Crippen LogP contribution in [0.5, 0.6) is 0 Å². The van der Waals surface area contributed by atoms with Gasteiger partial charge in [0.2, 0.25) is 0 Å². The molecule has 1 unspecified atom stereocenters. The van der Waals surface area contributed by atoms with Gasteiger partial charge in [-0.05, 0) is 30.5 Å². The minimum Gasteiger partial charge on any atom is -0.480 e. The highest BCUT2D eigenvalue weighted by molar-refractivity contribution is 6.31. The molecule has 104 valence electrons. The molecule has 0 aliphatic carbocycles. The minimum atomic E-state index is -1.03. The monoisotopic (exact) mass is 283 g/mol. The van der Waals surface area contributed by atoms with Gasteiger partial charge in [-0.25, -0.2) is 4.79 Å². The molecule has 0 spiro atoms. The SMILES string of the molecule is CCC(C)[C@H](NC(=O)c1cccc(Cl)c1C)C(=O)O. The fourth-order valence-corrected chi connectivity index (χ4v) is 1.93. The third-order valence-electron chi connectivity index (χ3n) is 3.28. The molecule has 0 fully saturated rings. The van der Waals surface area contributed by atoms with Crippen molar-refractivity contribution in [1.82, 2.24) is 5.32 Å². The van der Waals surface area contributed by atoms with Gasteiger partial charge in [0.1, 0.15) is 6.04 Å². The van der Waals surface area contributed by atoms with Crippen molar-refractivity contribution in [3.8, 4) is 0 Å². The quantitative estimate of drug-likeness (QED) is 0.873. The largest absolute Gasteiger partial charge is 0.480 e. The van der Waals surface area contributed by atoms with Crippen molar-refractivity contribution in [3.63, 3.8) is 0 Å². The smallest absolute Gasteiger partial charge is 0.326 e. The third-order valence-corrected chi connectivity index (χ3v) is 3.69. The molecule has 19 heavy (non-hydrogen) atoms.